The van der Waals surface area contributed by atoms with Crippen LogP contribution in [0, 0.1) is 0 Å². The maximum absolute atomic E-state index is 12.2. The summed E-state index contributed by atoms with van der Waals surface area (Å²) < 4.78 is 0. The minimum atomic E-state index is -0.796. The molecule has 4 N–H and O–H groups in total. The van der Waals surface area contributed by atoms with Crippen molar-refractivity contribution in [3.8, 4) is 0 Å². The third kappa shape index (κ3) is 4.94. The summed E-state index contributed by atoms with van der Waals surface area (Å²) in [6.07, 6.45) is -0.293. The Hall–Kier alpha value is -4.50. The predicted molar refractivity (Wildman–Crippen MR) is 143 cm³/mol. The Morgan fingerprint density at radius 3 is 1.97 bits per heavy atom. The van der Waals surface area contributed by atoms with Crippen molar-refractivity contribution in [2.75, 3.05) is 11.9 Å². The molecule has 186 valence electrons. The molecule has 0 spiro atoms. The first kappa shape index (κ1) is 24.2. The quantitative estimate of drug-likeness (QED) is 0.180. The lowest BCUT2D eigenvalue weighted by atomic mass is 9.77. The summed E-state index contributed by atoms with van der Waals surface area (Å²) in [5, 5.41) is 12.5. The number of nitrogens with two attached hydrogens (primary N) is 1. The van der Waals surface area contributed by atoms with Crippen molar-refractivity contribution in [1.82, 2.24) is 10.3 Å². The molecule has 1 aromatic heterocycles. The summed E-state index contributed by atoms with van der Waals surface area (Å²) in [4.78, 5) is 34.0. The van der Waals surface area contributed by atoms with Crippen LogP contribution in [0.5, 0.6) is 0 Å². The molecule has 1 aliphatic rings. The highest BCUT2D eigenvalue weighted by Gasteiger charge is 2.37. The zero-order chi connectivity index (χ0) is 25.7. The number of carbonyl (C=O) groups is 2. The zero-order valence-electron chi connectivity index (χ0n) is 19.8. The number of amides is 2. The second-order valence-electron chi connectivity index (χ2n) is 8.49. The van der Waals surface area contributed by atoms with Crippen LogP contribution in [0.25, 0.3) is 0 Å². The van der Waals surface area contributed by atoms with Gasteiger partial charge in [-0.1, -0.05) is 96.2 Å². The number of thiazole rings is 1. The van der Waals surface area contributed by atoms with Crippen LogP contribution >= 0.6 is 11.3 Å². The van der Waals surface area contributed by atoms with E-state index in [-0.39, 0.29) is 17.3 Å². The predicted octanol–water partition coefficient (Wildman–Crippen LogP) is 3.64. The normalized spacial score (nSPS) is 15.7. The fourth-order valence-corrected chi connectivity index (χ4v) is 5.14. The second-order valence-corrected chi connectivity index (χ2v) is 9.35. The number of carbonyl (C=O) groups excluding carboxylic acids is 2. The standard InChI is InChI=1S/C28H25N5O3S/c29-25(34)24(33-36-23-16-17-30-26(23)35)22-18-37-27(31-22)32-28(19-10-4-1-5-11-19,20-12-6-2-7-13-20)21-14-8-3-9-15-21/h1-15,18,23H,16-17H2,(H2,29,34)(H,30,35)(H,31,32)/b33-24-. The van der Waals surface area contributed by atoms with Gasteiger partial charge in [0.15, 0.2) is 10.8 Å². The molecule has 3 aromatic carbocycles. The van der Waals surface area contributed by atoms with Crippen LogP contribution in [0.15, 0.2) is 102 Å². The Balaban J connectivity index is 1.57. The SMILES string of the molecule is NC(=O)/C(=N\OC1CCNC1=O)c1csc(NC(c2ccccc2)(c2ccccc2)c2ccccc2)n1. The molecule has 2 amide bonds. The minimum Gasteiger partial charge on any atom is -0.382 e. The first-order valence-electron chi connectivity index (χ1n) is 11.8. The van der Waals surface area contributed by atoms with E-state index in [1.165, 1.54) is 11.3 Å². The largest absolute Gasteiger partial charge is 0.382 e. The summed E-state index contributed by atoms with van der Waals surface area (Å²) in [7, 11) is 0. The van der Waals surface area contributed by atoms with Gasteiger partial charge in [-0.25, -0.2) is 4.98 Å². The molecule has 1 atom stereocenters. The van der Waals surface area contributed by atoms with Gasteiger partial charge >= 0.3 is 0 Å². The number of nitrogens with one attached hydrogen (secondary N) is 2. The van der Waals surface area contributed by atoms with Gasteiger partial charge in [0.25, 0.3) is 11.8 Å². The molecule has 0 bridgehead atoms. The smallest absolute Gasteiger partial charge is 0.273 e. The van der Waals surface area contributed by atoms with Crippen LogP contribution in [-0.4, -0.2) is 35.2 Å². The van der Waals surface area contributed by atoms with Crippen molar-refractivity contribution in [3.05, 3.63) is 119 Å². The Kier molecular flexibility index (Phi) is 6.96. The first-order chi connectivity index (χ1) is 18.1. The summed E-state index contributed by atoms with van der Waals surface area (Å²) >= 11 is 1.32. The summed E-state index contributed by atoms with van der Waals surface area (Å²) in [5.41, 5.74) is 7.99. The van der Waals surface area contributed by atoms with E-state index in [1.807, 2.05) is 54.6 Å². The zero-order valence-corrected chi connectivity index (χ0v) is 20.7. The number of aromatic nitrogens is 1. The Labute approximate surface area is 218 Å². The van der Waals surface area contributed by atoms with Gasteiger partial charge in [-0.3, -0.25) is 9.59 Å². The Bertz CT molecular complexity index is 1310. The molecule has 1 fully saturated rings. The topological polar surface area (TPSA) is 119 Å². The molecular formula is C28H25N5O3S. The molecule has 2 heterocycles. The molecule has 0 radical (unpaired) electrons. The van der Waals surface area contributed by atoms with Crippen LogP contribution < -0.4 is 16.4 Å². The van der Waals surface area contributed by atoms with Gasteiger partial charge in [-0.15, -0.1) is 11.3 Å². The van der Waals surface area contributed by atoms with E-state index in [1.54, 1.807) is 5.38 Å². The molecule has 5 rings (SSSR count). The van der Waals surface area contributed by atoms with Gasteiger partial charge < -0.3 is 21.2 Å². The lowest BCUT2D eigenvalue weighted by molar-refractivity contribution is -0.129. The van der Waals surface area contributed by atoms with E-state index >= 15 is 0 Å². The monoisotopic (exact) mass is 511 g/mol. The molecule has 0 aliphatic carbocycles. The third-order valence-corrected chi connectivity index (χ3v) is 6.92. The van der Waals surface area contributed by atoms with Gasteiger partial charge in [0, 0.05) is 18.3 Å². The van der Waals surface area contributed by atoms with E-state index in [0.717, 1.165) is 16.7 Å². The highest BCUT2D eigenvalue weighted by molar-refractivity contribution is 7.14. The maximum Gasteiger partial charge on any atom is 0.273 e. The van der Waals surface area contributed by atoms with E-state index in [0.29, 0.717) is 18.1 Å². The van der Waals surface area contributed by atoms with Crippen molar-refractivity contribution in [1.29, 1.82) is 0 Å². The van der Waals surface area contributed by atoms with Crippen LogP contribution in [-0.2, 0) is 20.0 Å². The number of primary amides is 1. The van der Waals surface area contributed by atoms with Gasteiger partial charge in [-0.2, -0.15) is 0 Å². The number of nitrogens with zero attached hydrogens (tertiary/aromatic N) is 2. The molecule has 4 aromatic rings. The van der Waals surface area contributed by atoms with Gasteiger partial charge in [0.2, 0.25) is 6.10 Å². The minimum absolute atomic E-state index is 0.145. The van der Waals surface area contributed by atoms with Crippen molar-refractivity contribution in [3.63, 3.8) is 0 Å². The van der Waals surface area contributed by atoms with Crippen molar-refractivity contribution in [2.45, 2.75) is 18.1 Å². The van der Waals surface area contributed by atoms with E-state index in [2.05, 4.69) is 57.2 Å². The number of hydrogen-bond acceptors (Lipinski definition) is 7. The van der Waals surface area contributed by atoms with E-state index < -0.39 is 17.6 Å². The third-order valence-electron chi connectivity index (χ3n) is 6.16. The molecule has 0 saturated carbocycles. The maximum atomic E-state index is 12.2. The van der Waals surface area contributed by atoms with Gasteiger partial charge in [-0.05, 0) is 16.7 Å². The molecule has 9 heteroatoms. The number of benzene rings is 3. The van der Waals surface area contributed by atoms with Crippen LogP contribution in [0.3, 0.4) is 0 Å². The van der Waals surface area contributed by atoms with Crippen molar-refractivity contribution in [2.24, 2.45) is 10.9 Å². The molecule has 1 aliphatic heterocycles. The molecule has 1 saturated heterocycles. The van der Waals surface area contributed by atoms with E-state index in [9.17, 15) is 9.59 Å². The van der Waals surface area contributed by atoms with Gasteiger partial charge in [0.05, 0.1) is 0 Å². The fraction of sp³-hybridized carbons (Fsp3) is 0.143. The number of hydrogen-bond donors (Lipinski definition) is 3. The number of rotatable bonds is 9. The highest BCUT2D eigenvalue weighted by atomic mass is 32.1. The van der Waals surface area contributed by atoms with Crippen LogP contribution in [0.4, 0.5) is 5.13 Å². The van der Waals surface area contributed by atoms with Crippen molar-refractivity contribution >= 4 is 34.0 Å². The van der Waals surface area contributed by atoms with Crippen LogP contribution in [0.1, 0.15) is 28.8 Å². The average molecular weight is 512 g/mol. The van der Waals surface area contributed by atoms with Gasteiger partial charge in [0.1, 0.15) is 11.2 Å². The Morgan fingerprint density at radius 1 is 0.973 bits per heavy atom. The molecule has 37 heavy (non-hydrogen) atoms. The fourth-order valence-electron chi connectivity index (χ4n) is 4.39. The summed E-state index contributed by atoms with van der Waals surface area (Å²) in [5.74, 6) is -1.07. The average Bonchev–Trinajstić information content (AvgIpc) is 3.57. The van der Waals surface area contributed by atoms with E-state index in [4.69, 9.17) is 10.6 Å². The first-order valence-corrected chi connectivity index (χ1v) is 12.7. The molecular weight excluding hydrogens is 486 g/mol. The highest BCUT2D eigenvalue weighted by Crippen LogP contribution is 2.40. The summed E-state index contributed by atoms with van der Waals surface area (Å²) in [6.45, 7) is 0.496. The second kappa shape index (κ2) is 10.6. The summed E-state index contributed by atoms with van der Waals surface area (Å²) in [6, 6.07) is 30.3. The van der Waals surface area contributed by atoms with Crippen LogP contribution in [0.2, 0.25) is 0 Å². The lowest BCUT2D eigenvalue weighted by Gasteiger charge is -2.36. The number of anilines is 1. The number of oxime groups is 1. The lowest BCUT2D eigenvalue weighted by Crippen LogP contribution is -2.38. The molecule has 1 unspecified atom stereocenters. The Morgan fingerprint density at radius 2 is 1.51 bits per heavy atom. The molecule has 8 nitrogen and oxygen atoms in total. The van der Waals surface area contributed by atoms with Crippen molar-refractivity contribution < 1.29 is 14.4 Å².